The third-order valence-electron chi connectivity index (χ3n) is 4.84. The van der Waals surface area contributed by atoms with Crippen molar-refractivity contribution in [1.82, 2.24) is 4.90 Å². The fraction of sp³-hybridized carbons (Fsp3) is 0.588. The smallest absolute Gasteiger partial charge is 0.269 e. The second-order valence-corrected chi connectivity index (χ2v) is 7.57. The lowest BCUT2D eigenvalue weighted by Crippen LogP contribution is -2.46. The number of aliphatic imine (C=N–C) groups is 1. The molecule has 0 bridgehead atoms. The maximum atomic E-state index is 10.9. The minimum atomic E-state index is -0.399. The van der Waals surface area contributed by atoms with Crippen molar-refractivity contribution in [1.29, 1.82) is 0 Å². The molecule has 2 aliphatic rings. The van der Waals surface area contributed by atoms with Crippen LogP contribution in [0.5, 0.6) is 0 Å². The Balaban J connectivity index is 1.91. The molecule has 130 valence electrons. The summed E-state index contributed by atoms with van der Waals surface area (Å²) in [7, 11) is 0. The van der Waals surface area contributed by atoms with Crippen molar-refractivity contribution >= 4 is 28.3 Å². The van der Waals surface area contributed by atoms with Crippen LogP contribution in [-0.4, -0.2) is 44.0 Å². The number of hydrogen-bond donors (Lipinski definition) is 1. The van der Waals surface area contributed by atoms with Crippen LogP contribution in [-0.2, 0) is 0 Å². The molecule has 2 atom stereocenters. The standard InChI is InChI=1S/C17H23N3O3S/c1-11-9-14(20(22)23)7-8-15(11)18-17-19(13-5-3-4-6-13)16(10-24-17)12(2)21/h7-9,12-13,16,21H,3-6,10H2,1-2H3/t12?,16-/m1/s1. The Morgan fingerprint density at radius 3 is 2.71 bits per heavy atom. The summed E-state index contributed by atoms with van der Waals surface area (Å²) in [6.07, 6.45) is 4.33. The molecule has 1 saturated heterocycles. The second-order valence-electron chi connectivity index (χ2n) is 6.59. The normalized spacial score (nSPS) is 24.7. The highest BCUT2D eigenvalue weighted by Crippen LogP contribution is 2.36. The van der Waals surface area contributed by atoms with Gasteiger partial charge in [-0.2, -0.15) is 0 Å². The number of aliphatic hydroxyl groups is 1. The molecule has 1 aromatic carbocycles. The van der Waals surface area contributed by atoms with Gasteiger partial charge in [-0.3, -0.25) is 10.1 Å². The SMILES string of the molecule is Cc1cc([N+](=O)[O-])ccc1N=C1SC[C@H](C(C)O)N1C1CCCC1. The second kappa shape index (κ2) is 7.11. The lowest BCUT2D eigenvalue weighted by atomic mass is 10.1. The van der Waals surface area contributed by atoms with Crippen molar-refractivity contribution in [3.05, 3.63) is 33.9 Å². The van der Waals surface area contributed by atoms with Crippen LogP contribution in [0.15, 0.2) is 23.2 Å². The van der Waals surface area contributed by atoms with Gasteiger partial charge < -0.3 is 10.0 Å². The fourth-order valence-electron chi connectivity index (χ4n) is 3.51. The zero-order valence-corrected chi connectivity index (χ0v) is 14.8. The van der Waals surface area contributed by atoms with Crippen LogP contribution in [0.3, 0.4) is 0 Å². The summed E-state index contributed by atoms with van der Waals surface area (Å²) in [5.74, 6) is 0.832. The van der Waals surface area contributed by atoms with Gasteiger partial charge in [-0.25, -0.2) is 4.99 Å². The predicted molar refractivity (Wildman–Crippen MR) is 97.0 cm³/mol. The molecule has 24 heavy (non-hydrogen) atoms. The molecule has 3 rings (SSSR count). The number of hydrogen-bond acceptors (Lipinski definition) is 5. The van der Waals surface area contributed by atoms with E-state index < -0.39 is 6.10 Å². The van der Waals surface area contributed by atoms with Crippen LogP contribution >= 0.6 is 11.8 Å². The summed E-state index contributed by atoms with van der Waals surface area (Å²) in [6, 6.07) is 5.30. The zero-order chi connectivity index (χ0) is 17.3. The van der Waals surface area contributed by atoms with E-state index in [1.54, 1.807) is 23.9 Å². The number of thioether (sulfide) groups is 1. The van der Waals surface area contributed by atoms with Crippen molar-refractivity contribution in [2.75, 3.05) is 5.75 Å². The van der Waals surface area contributed by atoms with Gasteiger partial charge in [-0.05, 0) is 38.3 Å². The third-order valence-corrected chi connectivity index (χ3v) is 5.91. The third kappa shape index (κ3) is 3.42. The van der Waals surface area contributed by atoms with Gasteiger partial charge in [0.25, 0.3) is 5.69 Å². The number of nitro groups is 1. The number of rotatable bonds is 4. The minimum Gasteiger partial charge on any atom is -0.391 e. The highest BCUT2D eigenvalue weighted by molar-refractivity contribution is 8.14. The Labute approximate surface area is 146 Å². The molecular weight excluding hydrogens is 326 g/mol. The van der Waals surface area contributed by atoms with Gasteiger partial charge in [0.15, 0.2) is 5.17 Å². The molecule has 1 aliphatic carbocycles. The Morgan fingerprint density at radius 2 is 2.12 bits per heavy atom. The van der Waals surface area contributed by atoms with E-state index >= 15 is 0 Å². The number of benzene rings is 1. The first-order valence-corrected chi connectivity index (χ1v) is 9.39. The Bertz CT molecular complexity index is 656. The van der Waals surface area contributed by atoms with Crippen LogP contribution in [0.1, 0.15) is 38.2 Å². The number of amidine groups is 1. The van der Waals surface area contributed by atoms with Gasteiger partial charge in [-0.15, -0.1) is 0 Å². The molecule has 1 saturated carbocycles. The van der Waals surface area contributed by atoms with Crippen molar-refractivity contribution in [2.24, 2.45) is 4.99 Å². The average Bonchev–Trinajstić information content (AvgIpc) is 3.17. The maximum absolute atomic E-state index is 10.9. The zero-order valence-electron chi connectivity index (χ0n) is 14.0. The summed E-state index contributed by atoms with van der Waals surface area (Å²) in [5, 5.41) is 22.0. The molecule has 1 N–H and O–H groups in total. The summed E-state index contributed by atoms with van der Waals surface area (Å²) >= 11 is 1.67. The van der Waals surface area contributed by atoms with Gasteiger partial charge >= 0.3 is 0 Å². The number of nitrogens with zero attached hydrogens (tertiary/aromatic N) is 3. The lowest BCUT2D eigenvalue weighted by molar-refractivity contribution is -0.384. The lowest BCUT2D eigenvalue weighted by Gasteiger charge is -2.33. The molecule has 1 aliphatic heterocycles. The first-order valence-electron chi connectivity index (χ1n) is 8.40. The monoisotopic (exact) mass is 349 g/mol. The maximum Gasteiger partial charge on any atom is 0.269 e. The van der Waals surface area contributed by atoms with Crippen LogP contribution in [0.4, 0.5) is 11.4 Å². The summed E-state index contributed by atoms with van der Waals surface area (Å²) < 4.78 is 0. The Hall–Kier alpha value is -1.60. The van der Waals surface area contributed by atoms with Gasteiger partial charge in [0.05, 0.1) is 22.8 Å². The van der Waals surface area contributed by atoms with Crippen molar-refractivity contribution in [3.8, 4) is 0 Å². The number of non-ortho nitro benzene ring substituents is 1. The van der Waals surface area contributed by atoms with Crippen molar-refractivity contribution < 1.29 is 10.0 Å². The number of nitro benzene ring substituents is 1. The predicted octanol–water partition coefficient (Wildman–Crippen LogP) is 3.63. The van der Waals surface area contributed by atoms with E-state index in [9.17, 15) is 15.2 Å². The highest BCUT2D eigenvalue weighted by atomic mass is 32.2. The van der Waals surface area contributed by atoms with Crippen molar-refractivity contribution in [3.63, 3.8) is 0 Å². The van der Waals surface area contributed by atoms with Crippen LogP contribution < -0.4 is 0 Å². The fourth-order valence-corrected chi connectivity index (χ4v) is 4.86. The molecular formula is C17H23N3O3S. The van der Waals surface area contributed by atoms with Crippen LogP contribution in [0.2, 0.25) is 0 Å². The largest absolute Gasteiger partial charge is 0.391 e. The van der Waals surface area contributed by atoms with E-state index in [1.807, 2.05) is 13.8 Å². The number of aryl methyl sites for hydroxylation is 1. The van der Waals surface area contributed by atoms with Gasteiger partial charge in [0.1, 0.15) is 0 Å². The minimum absolute atomic E-state index is 0.0880. The molecule has 0 amide bonds. The van der Waals surface area contributed by atoms with E-state index in [1.165, 1.54) is 18.9 Å². The van der Waals surface area contributed by atoms with Crippen LogP contribution in [0, 0.1) is 17.0 Å². The van der Waals surface area contributed by atoms with E-state index in [2.05, 4.69) is 4.90 Å². The molecule has 0 spiro atoms. The van der Waals surface area contributed by atoms with Gasteiger partial charge in [-0.1, -0.05) is 24.6 Å². The number of aliphatic hydroxyl groups excluding tert-OH is 1. The molecule has 1 unspecified atom stereocenters. The average molecular weight is 349 g/mol. The Kier molecular flexibility index (Phi) is 5.10. The van der Waals surface area contributed by atoms with Gasteiger partial charge in [0.2, 0.25) is 0 Å². The molecule has 0 radical (unpaired) electrons. The Morgan fingerprint density at radius 1 is 1.42 bits per heavy atom. The van der Waals surface area contributed by atoms with E-state index in [-0.39, 0.29) is 16.7 Å². The van der Waals surface area contributed by atoms with Gasteiger partial charge in [0, 0.05) is 23.9 Å². The molecule has 6 nitrogen and oxygen atoms in total. The molecule has 1 heterocycles. The molecule has 1 aromatic rings. The molecule has 7 heteroatoms. The highest BCUT2D eigenvalue weighted by Gasteiger charge is 2.38. The van der Waals surface area contributed by atoms with E-state index in [0.29, 0.717) is 6.04 Å². The first-order chi connectivity index (χ1) is 11.5. The summed E-state index contributed by atoms with van der Waals surface area (Å²) in [4.78, 5) is 17.6. The summed E-state index contributed by atoms with van der Waals surface area (Å²) in [5.41, 5.74) is 1.64. The van der Waals surface area contributed by atoms with E-state index in [0.717, 1.165) is 35.0 Å². The van der Waals surface area contributed by atoms with Crippen LogP contribution in [0.25, 0.3) is 0 Å². The first kappa shape index (κ1) is 17.2. The quantitative estimate of drug-likeness (QED) is 0.663. The summed E-state index contributed by atoms with van der Waals surface area (Å²) in [6.45, 7) is 3.69. The topological polar surface area (TPSA) is 79.0 Å². The molecule has 0 aromatic heterocycles. The molecule has 2 fully saturated rings. The van der Waals surface area contributed by atoms with E-state index in [4.69, 9.17) is 4.99 Å². The van der Waals surface area contributed by atoms with Crippen molar-refractivity contribution in [2.45, 2.75) is 57.7 Å².